The van der Waals surface area contributed by atoms with Crippen molar-refractivity contribution in [2.45, 2.75) is 38.3 Å². The molecule has 1 aromatic carbocycles. The van der Waals surface area contributed by atoms with Crippen molar-refractivity contribution >= 4 is 17.5 Å². The third-order valence-electron chi connectivity index (χ3n) is 3.95. The van der Waals surface area contributed by atoms with Crippen LogP contribution in [0.4, 0.5) is 0 Å². The van der Waals surface area contributed by atoms with Crippen LogP contribution < -0.4 is 5.73 Å². The predicted molar refractivity (Wildman–Crippen MR) is 77.9 cm³/mol. The molecule has 0 unspecified atom stereocenters. The Balaban J connectivity index is 1.91. The lowest BCUT2D eigenvalue weighted by molar-refractivity contribution is -0.131. The summed E-state index contributed by atoms with van der Waals surface area (Å²) in [6.07, 6.45) is 3.83. The van der Waals surface area contributed by atoms with Crippen LogP contribution in [0, 0.1) is 5.92 Å². The summed E-state index contributed by atoms with van der Waals surface area (Å²) in [5.41, 5.74) is 6.99. The van der Waals surface area contributed by atoms with E-state index in [2.05, 4.69) is 0 Å². The predicted octanol–water partition coefficient (Wildman–Crippen LogP) is 2.82. The van der Waals surface area contributed by atoms with Crippen molar-refractivity contribution in [3.8, 4) is 0 Å². The minimum Gasteiger partial charge on any atom is -0.341 e. The molecule has 0 spiro atoms. The summed E-state index contributed by atoms with van der Waals surface area (Å²) < 4.78 is 0. The number of hydrogen-bond acceptors (Lipinski definition) is 2. The molecular weight excluding hydrogens is 260 g/mol. The van der Waals surface area contributed by atoms with Gasteiger partial charge in [-0.1, -0.05) is 36.2 Å². The third-order valence-corrected chi connectivity index (χ3v) is 4.31. The van der Waals surface area contributed by atoms with E-state index in [1.54, 1.807) is 4.90 Å². The average Bonchev–Trinajstić information content (AvgIpc) is 2.78. The summed E-state index contributed by atoms with van der Waals surface area (Å²) in [5.74, 6) is 0.503. The number of carbonyl (C=O) groups excluding carboxylic acids is 1. The van der Waals surface area contributed by atoms with E-state index in [0.717, 1.165) is 24.8 Å². The zero-order valence-corrected chi connectivity index (χ0v) is 12.1. The van der Waals surface area contributed by atoms with Gasteiger partial charge in [-0.15, -0.1) is 0 Å². The molecule has 4 heteroatoms. The fourth-order valence-corrected chi connectivity index (χ4v) is 2.86. The maximum Gasteiger partial charge on any atom is 0.222 e. The average molecular weight is 281 g/mol. The van der Waals surface area contributed by atoms with Crippen molar-refractivity contribution in [1.82, 2.24) is 4.90 Å². The van der Waals surface area contributed by atoms with E-state index in [0.29, 0.717) is 23.9 Å². The Kier molecular flexibility index (Phi) is 4.83. The second kappa shape index (κ2) is 6.40. The highest BCUT2D eigenvalue weighted by Crippen LogP contribution is 2.27. The molecule has 1 aromatic rings. The molecule has 0 radical (unpaired) electrons. The van der Waals surface area contributed by atoms with Gasteiger partial charge in [-0.05, 0) is 30.4 Å². The lowest BCUT2D eigenvalue weighted by Crippen LogP contribution is -2.32. The van der Waals surface area contributed by atoms with Crippen molar-refractivity contribution in [3.05, 3.63) is 34.9 Å². The van der Waals surface area contributed by atoms with Gasteiger partial charge in [0, 0.05) is 31.1 Å². The summed E-state index contributed by atoms with van der Waals surface area (Å²) >= 11 is 6.11. The van der Waals surface area contributed by atoms with Crippen LogP contribution in [-0.2, 0) is 11.3 Å². The zero-order valence-electron chi connectivity index (χ0n) is 11.3. The Hall–Kier alpha value is -1.06. The van der Waals surface area contributed by atoms with E-state index in [1.165, 1.54) is 0 Å². The van der Waals surface area contributed by atoms with E-state index in [-0.39, 0.29) is 11.9 Å². The molecule has 0 heterocycles. The molecule has 3 nitrogen and oxygen atoms in total. The van der Waals surface area contributed by atoms with E-state index in [4.69, 9.17) is 17.3 Å². The Labute approximate surface area is 119 Å². The van der Waals surface area contributed by atoms with Gasteiger partial charge in [0.2, 0.25) is 5.91 Å². The molecule has 2 N–H and O–H groups in total. The number of nitrogens with zero attached hydrogens (tertiary/aromatic N) is 1. The molecule has 1 amide bonds. The van der Waals surface area contributed by atoms with Crippen LogP contribution >= 0.6 is 11.6 Å². The van der Waals surface area contributed by atoms with Crippen LogP contribution in [0.5, 0.6) is 0 Å². The number of hydrogen-bond donors (Lipinski definition) is 1. The Morgan fingerprint density at radius 2 is 2.16 bits per heavy atom. The van der Waals surface area contributed by atoms with E-state index < -0.39 is 0 Å². The van der Waals surface area contributed by atoms with Gasteiger partial charge in [0.05, 0.1) is 0 Å². The third kappa shape index (κ3) is 3.71. The minimum absolute atomic E-state index is 0.155. The van der Waals surface area contributed by atoms with Crippen molar-refractivity contribution in [3.63, 3.8) is 0 Å². The topological polar surface area (TPSA) is 46.3 Å². The first-order valence-corrected chi connectivity index (χ1v) is 7.18. The van der Waals surface area contributed by atoms with Crippen LogP contribution in [0.2, 0.25) is 5.02 Å². The highest BCUT2D eigenvalue weighted by molar-refractivity contribution is 6.31. The van der Waals surface area contributed by atoms with Gasteiger partial charge >= 0.3 is 0 Å². The van der Waals surface area contributed by atoms with Crippen LogP contribution in [0.3, 0.4) is 0 Å². The van der Waals surface area contributed by atoms with Crippen LogP contribution in [0.1, 0.15) is 31.2 Å². The maximum atomic E-state index is 12.2. The highest BCUT2D eigenvalue weighted by Gasteiger charge is 2.27. The fourth-order valence-electron chi connectivity index (χ4n) is 2.67. The first-order chi connectivity index (χ1) is 9.08. The second-order valence-corrected chi connectivity index (χ2v) is 5.81. The van der Waals surface area contributed by atoms with Crippen molar-refractivity contribution < 1.29 is 4.79 Å². The molecule has 1 saturated carbocycles. The van der Waals surface area contributed by atoms with Gasteiger partial charge in [-0.3, -0.25) is 4.79 Å². The molecule has 104 valence electrons. The smallest absolute Gasteiger partial charge is 0.222 e. The first kappa shape index (κ1) is 14.4. The molecule has 0 saturated heterocycles. The van der Waals surface area contributed by atoms with Gasteiger partial charge in [0.15, 0.2) is 0 Å². The van der Waals surface area contributed by atoms with E-state index >= 15 is 0 Å². The molecular formula is C15H21ClN2O. The Morgan fingerprint density at radius 3 is 2.79 bits per heavy atom. The number of amides is 1. The summed E-state index contributed by atoms with van der Waals surface area (Å²) in [5, 5.41) is 0.708. The summed E-state index contributed by atoms with van der Waals surface area (Å²) in [4.78, 5) is 13.9. The van der Waals surface area contributed by atoms with Crippen LogP contribution in [0.25, 0.3) is 0 Å². The summed E-state index contributed by atoms with van der Waals surface area (Å²) in [6, 6.07) is 7.82. The number of nitrogens with two attached hydrogens (primary N) is 1. The van der Waals surface area contributed by atoms with Crippen LogP contribution in [-0.4, -0.2) is 23.9 Å². The molecule has 0 aliphatic heterocycles. The van der Waals surface area contributed by atoms with Gasteiger partial charge in [-0.2, -0.15) is 0 Å². The van der Waals surface area contributed by atoms with Crippen molar-refractivity contribution in [2.75, 3.05) is 7.05 Å². The van der Waals surface area contributed by atoms with Gasteiger partial charge in [0.25, 0.3) is 0 Å². The standard InChI is InChI=1S/C15H21ClN2O/c1-18(10-12-5-2-3-7-13(12)16)15(19)9-11-6-4-8-14(11)17/h2-3,5,7,11,14H,4,6,8-10,17H2,1H3/t11-,14+/m0/s1. The largest absolute Gasteiger partial charge is 0.341 e. The molecule has 0 bridgehead atoms. The first-order valence-electron chi connectivity index (χ1n) is 6.81. The van der Waals surface area contributed by atoms with E-state index in [1.807, 2.05) is 31.3 Å². The summed E-state index contributed by atoms with van der Waals surface area (Å²) in [7, 11) is 1.83. The molecule has 1 aliphatic carbocycles. The lowest BCUT2D eigenvalue weighted by atomic mass is 9.99. The van der Waals surface area contributed by atoms with Gasteiger partial charge < -0.3 is 10.6 Å². The quantitative estimate of drug-likeness (QED) is 0.922. The van der Waals surface area contributed by atoms with E-state index in [9.17, 15) is 4.79 Å². The number of rotatable bonds is 4. The Bertz CT molecular complexity index is 450. The second-order valence-electron chi connectivity index (χ2n) is 5.40. The van der Waals surface area contributed by atoms with Gasteiger partial charge in [0.1, 0.15) is 0 Å². The minimum atomic E-state index is 0.155. The lowest BCUT2D eigenvalue weighted by Gasteiger charge is -2.21. The molecule has 0 aromatic heterocycles. The molecule has 2 rings (SSSR count). The fraction of sp³-hybridized carbons (Fsp3) is 0.533. The molecule has 19 heavy (non-hydrogen) atoms. The SMILES string of the molecule is CN(Cc1ccccc1Cl)C(=O)C[C@@H]1CCC[C@H]1N. The highest BCUT2D eigenvalue weighted by atomic mass is 35.5. The maximum absolute atomic E-state index is 12.2. The number of halogens is 1. The van der Waals surface area contributed by atoms with Crippen molar-refractivity contribution in [2.24, 2.45) is 11.7 Å². The molecule has 1 aliphatic rings. The van der Waals surface area contributed by atoms with Crippen LogP contribution in [0.15, 0.2) is 24.3 Å². The number of benzene rings is 1. The van der Waals surface area contributed by atoms with Crippen molar-refractivity contribution in [1.29, 1.82) is 0 Å². The zero-order chi connectivity index (χ0) is 13.8. The monoisotopic (exact) mass is 280 g/mol. The molecule has 1 fully saturated rings. The normalized spacial score (nSPS) is 22.5. The Morgan fingerprint density at radius 1 is 1.42 bits per heavy atom. The van der Waals surface area contributed by atoms with Gasteiger partial charge in [-0.25, -0.2) is 0 Å². The summed E-state index contributed by atoms with van der Waals surface area (Å²) in [6.45, 7) is 0.556. The number of carbonyl (C=O) groups is 1. The molecule has 2 atom stereocenters.